The zero-order chi connectivity index (χ0) is 15.5. The Morgan fingerprint density at radius 2 is 2.18 bits per heavy atom. The van der Waals surface area contributed by atoms with Crippen LogP contribution in [-0.4, -0.2) is 14.9 Å². The highest BCUT2D eigenvalue weighted by Gasteiger charge is 2.09. The Morgan fingerprint density at radius 1 is 1.32 bits per heavy atom. The van der Waals surface area contributed by atoms with Crippen molar-refractivity contribution in [2.75, 3.05) is 5.32 Å². The summed E-state index contributed by atoms with van der Waals surface area (Å²) in [6.45, 7) is 2.58. The molecular weight excluding hydrogens is 300 g/mol. The summed E-state index contributed by atoms with van der Waals surface area (Å²) in [5.74, 6) is 0.757. The van der Waals surface area contributed by atoms with Crippen LogP contribution in [0.5, 0.6) is 0 Å². The Labute approximate surface area is 131 Å². The second kappa shape index (κ2) is 6.07. The van der Waals surface area contributed by atoms with E-state index in [1.165, 1.54) is 17.3 Å². The van der Waals surface area contributed by atoms with E-state index >= 15 is 0 Å². The number of aryl methyl sites for hydroxylation is 1. The topological polar surface area (TPSA) is 81.0 Å². The molecule has 0 bridgehead atoms. The van der Waals surface area contributed by atoms with Crippen LogP contribution in [0.3, 0.4) is 0 Å². The molecule has 3 aromatic rings. The molecule has 3 rings (SSSR count). The minimum Gasteiger partial charge on any atom is -0.365 e. The first-order chi connectivity index (χ1) is 10.7. The van der Waals surface area contributed by atoms with Crippen LogP contribution >= 0.6 is 11.3 Å². The molecule has 0 atom stereocenters. The second-order valence-corrected chi connectivity index (χ2v) is 5.90. The van der Waals surface area contributed by atoms with Gasteiger partial charge in [0.15, 0.2) is 0 Å². The Balaban J connectivity index is 1.83. The van der Waals surface area contributed by atoms with E-state index in [0.29, 0.717) is 6.54 Å². The van der Waals surface area contributed by atoms with Gasteiger partial charge in [-0.3, -0.25) is 10.1 Å². The fourth-order valence-corrected chi connectivity index (χ4v) is 3.12. The lowest BCUT2D eigenvalue weighted by Crippen LogP contribution is -2.02. The lowest BCUT2D eigenvalue weighted by molar-refractivity contribution is -0.384. The lowest BCUT2D eigenvalue weighted by Gasteiger charge is -2.06. The van der Waals surface area contributed by atoms with Crippen molar-refractivity contribution in [3.05, 3.63) is 57.2 Å². The van der Waals surface area contributed by atoms with Gasteiger partial charge in [-0.1, -0.05) is 19.1 Å². The van der Waals surface area contributed by atoms with E-state index < -0.39 is 4.92 Å². The lowest BCUT2D eigenvalue weighted by atomic mass is 10.2. The van der Waals surface area contributed by atoms with E-state index in [1.807, 2.05) is 6.07 Å². The third kappa shape index (κ3) is 2.89. The van der Waals surface area contributed by atoms with E-state index in [-0.39, 0.29) is 5.69 Å². The highest BCUT2D eigenvalue weighted by atomic mass is 32.1. The standard InChI is InChI=1S/C15H14N4O2S/c1-2-12-7-13-14(17-9-18-15(13)22-12)16-8-10-4-3-5-11(6-10)19(20)21/h3-7,9H,2,8H2,1H3,(H,16,17,18). The molecule has 6 nitrogen and oxygen atoms in total. The van der Waals surface area contributed by atoms with Crippen molar-refractivity contribution in [2.24, 2.45) is 0 Å². The predicted molar refractivity (Wildman–Crippen MR) is 87.2 cm³/mol. The molecule has 1 N–H and O–H groups in total. The summed E-state index contributed by atoms with van der Waals surface area (Å²) in [4.78, 5) is 21.2. The van der Waals surface area contributed by atoms with Crippen molar-refractivity contribution < 1.29 is 4.92 Å². The Morgan fingerprint density at radius 3 is 2.95 bits per heavy atom. The number of fused-ring (bicyclic) bond motifs is 1. The number of rotatable bonds is 5. The quantitative estimate of drug-likeness (QED) is 0.572. The number of hydrogen-bond acceptors (Lipinski definition) is 6. The summed E-state index contributed by atoms with van der Waals surface area (Å²) in [7, 11) is 0. The number of nitrogens with one attached hydrogen (secondary N) is 1. The molecule has 2 heterocycles. The molecule has 0 aliphatic rings. The molecule has 22 heavy (non-hydrogen) atoms. The first kappa shape index (κ1) is 14.4. The minimum atomic E-state index is -0.390. The zero-order valence-electron chi connectivity index (χ0n) is 11.9. The maximum atomic E-state index is 10.8. The Bertz CT molecular complexity index is 831. The fraction of sp³-hybridized carbons (Fsp3) is 0.200. The molecule has 0 unspecified atom stereocenters. The van der Waals surface area contributed by atoms with Crippen molar-refractivity contribution in [3.8, 4) is 0 Å². The Hall–Kier alpha value is -2.54. The first-order valence-corrected chi connectivity index (χ1v) is 7.69. The third-order valence-electron chi connectivity index (χ3n) is 3.31. The molecule has 0 aliphatic carbocycles. The van der Waals surface area contributed by atoms with Gasteiger partial charge in [-0.05, 0) is 18.1 Å². The first-order valence-electron chi connectivity index (χ1n) is 6.88. The number of hydrogen-bond donors (Lipinski definition) is 1. The summed E-state index contributed by atoms with van der Waals surface area (Å²) in [5.41, 5.74) is 0.933. The number of nitro benzene ring substituents is 1. The number of anilines is 1. The molecule has 0 fully saturated rings. The predicted octanol–water partition coefficient (Wildman–Crippen LogP) is 3.77. The number of thiophene rings is 1. The van der Waals surface area contributed by atoms with Crippen LogP contribution < -0.4 is 5.32 Å². The molecule has 0 aliphatic heterocycles. The van der Waals surface area contributed by atoms with Gasteiger partial charge < -0.3 is 5.32 Å². The van der Waals surface area contributed by atoms with Crippen molar-refractivity contribution in [1.82, 2.24) is 9.97 Å². The smallest absolute Gasteiger partial charge is 0.269 e. The molecule has 0 spiro atoms. The maximum absolute atomic E-state index is 10.8. The van der Waals surface area contributed by atoms with Gasteiger partial charge >= 0.3 is 0 Å². The SMILES string of the molecule is CCc1cc2c(NCc3cccc([N+](=O)[O-])c3)ncnc2s1. The summed E-state index contributed by atoms with van der Waals surface area (Å²) in [6.07, 6.45) is 2.50. The number of nitro groups is 1. The summed E-state index contributed by atoms with van der Waals surface area (Å²) >= 11 is 1.66. The molecule has 7 heteroatoms. The highest BCUT2D eigenvalue weighted by molar-refractivity contribution is 7.18. The van der Waals surface area contributed by atoms with E-state index in [4.69, 9.17) is 0 Å². The van der Waals surface area contributed by atoms with E-state index in [9.17, 15) is 10.1 Å². The van der Waals surface area contributed by atoms with Crippen LogP contribution in [0.4, 0.5) is 11.5 Å². The van der Waals surface area contributed by atoms with Crippen molar-refractivity contribution >= 4 is 33.1 Å². The van der Waals surface area contributed by atoms with Crippen LogP contribution in [0.2, 0.25) is 0 Å². The zero-order valence-corrected chi connectivity index (χ0v) is 12.8. The van der Waals surface area contributed by atoms with Crippen LogP contribution in [0, 0.1) is 10.1 Å². The maximum Gasteiger partial charge on any atom is 0.269 e. The van der Waals surface area contributed by atoms with E-state index in [1.54, 1.807) is 23.5 Å². The molecular formula is C15H14N4O2S. The van der Waals surface area contributed by atoms with Gasteiger partial charge in [0.1, 0.15) is 17.0 Å². The van der Waals surface area contributed by atoms with Crippen molar-refractivity contribution in [2.45, 2.75) is 19.9 Å². The largest absolute Gasteiger partial charge is 0.365 e. The Kier molecular flexibility index (Phi) is 3.97. The van der Waals surface area contributed by atoms with Crippen molar-refractivity contribution in [3.63, 3.8) is 0 Å². The van der Waals surface area contributed by atoms with Gasteiger partial charge in [0, 0.05) is 23.6 Å². The molecule has 0 saturated carbocycles. The fourth-order valence-electron chi connectivity index (χ4n) is 2.19. The van der Waals surface area contributed by atoms with Crippen LogP contribution in [0.15, 0.2) is 36.7 Å². The van der Waals surface area contributed by atoms with Gasteiger partial charge in [0.25, 0.3) is 5.69 Å². The molecule has 1 aromatic carbocycles. The average Bonchev–Trinajstić information content (AvgIpc) is 2.97. The molecule has 0 amide bonds. The van der Waals surface area contributed by atoms with Crippen LogP contribution in [0.1, 0.15) is 17.4 Å². The van der Waals surface area contributed by atoms with E-state index in [0.717, 1.165) is 28.0 Å². The van der Waals surface area contributed by atoms with E-state index in [2.05, 4.69) is 28.3 Å². The summed E-state index contributed by atoms with van der Waals surface area (Å²) in [5, 5.41) is 15.0. The third-order valence-corrected chi connectivity index (χ3v) is 4.50. The summed E-state index contributed by atoms with van der Waals surface area (Å²) < 4.78 is 0. The average molecular weight is 314 g/mol. The van der Waals surface area contributed by atoms with Gasteiger partial charge in [0.05, 0.1) is 10.3 Å². The second-order valence-electron chi connectivity index (χ2n) is 4.79. The summed E-state index contributed by atoms with van der Waals surface area (Å²) in [6, 6.07) is 8.68. The number of non-ortho nitro benzene ring substituents is 1. The minimum absolute atomic E-state index is 0.0935. The van der Waals surface area contributed by atoms with Crippen molar-refractivity contribution in [1.29, 1.82) is 0 Å². The van der Waals surface area contributed by atoms with Crippen LogP contribution in [-0.2, 0) is 13.0 Å². The molecule has 112 valence electrons. The molecule has 0 saturated heterocycles. The van der Waals surface area contributed by atoms with Gasteiger partial charge in [-0.25, -0.2) is 9.97 Å². The molecule has 0 radical (unpaired) electrons. The van der Waals surface area contributed by atoms with Gasteiger partial charge in [-0.15, -0.1) is 11.3 Å². The number of benzene rings is 1. The molecule has 2 aromatic heterocycles. The number of aromatic nitrogens is 2. The monoisotopic (exact) mass is 314 g/mol. The van der Waals surface area contributed by atoms with Gasteiger partial charge in [0.2, 0.25) is 0 Å². The van der Waals surface area contributed by atoms with Gasteiger partial charge in [-0.2, -0.15) is 0 Å². The van der Waals surface area contributed by atoms with Crippen LogP contribution in [0.25, 0.3) is 10.2 Å². The normalized spacial score (nSPS) is 10.8. The highest BCUT2D eigenvalue weighted by Crippen LogP contribution is 2.28. The number of nitrogens with zero attached hydrogens (tertiary/aromatic N) is 3.